The minimum atomic E-state index is -0.873. The lowest BCUT2D eigenvalue weighted by molar-refractivity contribution is -0.136. The molecule has 2 N–H and O–H groups in total. The topological polar surface area (TPSA) is 101 Å². The highest BCUT2D eigenvalue weighted by Crippen LogP contribution is 2.38. The van der Waals surface area contributed by atoms with Crippen molar-refractivity contribution in [3.05, 3.63) is 28.2 Å². The van der Waals surface area contributed by atoms with Crippen molar-refractivity contribution in [2.24, 2.45) is 13.0 Å². The predicted octanol–water partition coefficient (Wildman–Crippen LogP) is 1.13. The summed E-state index contributed by atoms with van der Waals surface area (Å²) >= 11 is 0. The summed E-state index contributed by atoms with van der Waals surface area (Å²) in [6.07, 6.45) is 4.93. The molecule has 8 heteroatoms. The Balaban J connectivity index is 1.73. The molecule has 0 radical (unpaired) electrons. The zero-order valence-corrected chi connectivity index (χ0v) is 15.3. The molecule has 2 fully saturated rings. The number of hydrogen-bond donors (Lipinski definition) is 2. The third kappa shape index (κ3) is 3.00. The maximum absolute atomic E-state index is 12.9. The van der Waals surface area contributed by atoms with Gasteiger partial charge in [-0.3, -0.25) is 19.3 Å². The molecule has 2 atom stereocenters. The third-order valence-electron chi connectivity index (χ3n) is 5.51. The number of imide groups is 1. The second-order valence-electron chi connectivity index (χ2n) is 7.31. The van der Waals surface area contributed by atoms with Crippen molar-refractivity contribution >= 4 is 23.5 Å². The second kappa shape index (κ2) is 6.59. The molecule has 0 aromatic carbocycles. The lowest BCUT2D eigenvalue weighted by atomic mass is 9.73. The zero-order chi connectivity index (χ0) is 19.1. The fourth-order valence-corrected chi connectivity index (χ4v) is 3.83. The zero-order valence-electron chi connectivity index (χ0n) is 15.3. The van der Waals surface area contributed by atoms with Crippen molar-refractivity contribution in [3.8, 4) is 0 Å². The van der Waals surface area contributed by atoms with Gasteiger partial charge in [0.05, 0.1) is 5.69 Å². The quantitative estimate of drug-likeness (QED) is 0.789. The van der Waals surface area contributed by atoms with Gasteiger partial charge in [-0.15, -0.1) is 0 Å². The Bertz CT molecular complexity index is 831. The largest absolute Gasteiger partial charge is 0.325 e. The molecule has 1 spiro atoms. The SMILES string of the molecule is Cc1cc(=O)n(C)cc1NC(=O)CN1C(=O)N[C@@]2(CCCC[C@@H]2C)C1=O. The molecule has 1 saturated heterocycles. The van der Waals surface area contributed by atoms with E-state index in [1.807, 2.05) is 6.92 Å². The summed E-state index contributed by atoms with van der Waals surface area (Å²) in [6.45, 7) is 3.33. The first-order valence-corrected chi connectivity index (χ1v) is 8.86. The molecule has 26 heavy (non-hydrogen) atoms. The van der Waals surface area contributed by atoms with E-state index in [1.165, 1.54) is 16.8 Å². The Labute approximate surface area is 151 Å². The number of hydrogen-bond acceptors (Lipinski definition) is 4. The van der Waals surface area contributed by atoms with Crippen LogP contribution in [0.4, 0.5) is 10.5 Å². The molecule has 1 aliphatic heterocycles. The van der Waals surface area contributed by atoms with Gasteiger partial charge in [0.25, 0.3) is 11.5 Å². The normalized spacial score (nSPS) is 25.5. The molecule has 0 bridgehead atoms. The third-order valence-corrected chi connectivity index (χ3v) is 5.51. The Hall–Kier alpha value is -2.64. The number of aryl methyl sites for hydroxylation is 2. The molecule has 140 valence electrons. The van der Waals surface area contributed by atoms with Gasteiger partial charge in [-0.25, -0.2) is 4.79 Å². The molecule has 2 aliphatic rings. The molecule has 2 heterocycles. The van der Waals surface area contributed by atoms with Crippen LogP contribution in [0.2, 0.25) is 0 Å². The lowest BCUT2D eigenvalue weighted by Gasteiger charge is -2.36. The number of carbonyl (C=O) groups excluding carboxylic acids is 3. The van der Waals surface area contributed by atoms with Gasteiger partial charge in [-0.1, -0.05) is 19.8 Å². The van der Waals surface area contributed by atoms with Gasteiger partial charge in [0, 0.05) is 19.3 Å². The summed E-state index contributed by atoms with van der Waals surface area (Å²) in [7, 11) is 1.59. The van der Waals surface area contributed by atoms with Gasteiger partial charge in [0.1, 0.15) is 12.1 Å². The van der Waals surface area contributed by atoms with Crippen molar-refractivity contribution in [3.63, 3.8) is 0 Å². The number of rotatable bonds is 3. The van der Waals surface area contributed by atoms with Crippen LogP contribution in [-0.4, -0.2) is 39.4 Å². The van der Waals surface area contributed by atoms with Crippen LogP contribution in [0.5, 0.6) is 0 Å². The van der Waals surface area contributed by atoms with E-state index in [1.54, 1.807) is 14.0 Å². The number of amides is 4. The monoisotopic (exact) mass is 360 g/mol. The van der Waals surface area contributed by atoms with Crippen LogP contribution in [0, 0.1) is 12.8 Å². The van der Waals surface area contributed by atoms with E-state index in [9.17, 15) is 19.2 Å². The van der Waals surface area contributed by atoms with Crippen molar-refractivity contribution in [1.82, 2.24) is 14.8 Å². The number of anilines is 1. The van der Waals surface area contributed by atoms with Gasteiger partial charge < -0.3 is 15.2 Å². The summed E-state index contributed by atoms with van der Waals surface area (Å²) in [4.78, 5) is 50.2. The summed E-state index contributed by atoms with van der Waals surface area (Å²) in [5, 5.41) is 5.50. The highest BCUT2D eigenvalue weighted by Gasteiger charge is 2.55. The van der Waals surface area contributed by atoms with Gasteiger partial charge in [-0.05, 0) is 31.2 Å². The average Bonchev–Trinajstić information content (AvgIpc) is 2.80. The molecular formula is C18H24N4O4. The van der Waals surface area contributed by atoms with Gasteiger partial charge in [0.15, 0.2) is 0 Å². The molecule has 1 aromatic heterocycles. The Morgan fingerprint density at radius 1 is 1.35 bits per heavy atom. The lowest BCUT2D eigenvalue weighted by Crippen LogP contribution is -2.54. The van der Waals surface area contributed by atoms with Crippen LogP contribution in [0.25, 0.3) is 0 Å². The maximum atomic E-state index is 12.9. The van der Waals surface area contributed by atoms with Crippen LogP contribution in [0.15, 0.2) is 17.1 Å². The Morgan fingerprint density at radius 3 is 2.77 bits per heavy atom. The molecule has 1 saturated carbocycles. The standard InChI is InChI=1S/C18H24N4O4/c1-11-8-15(24)21(3)9-13(11)19-14(23)10-22-16(25)18(20-17(22)26)7-5-4-6-12(18)2/h8-9,12H,4-7,10H2,1-3H3,(H,19,23)(H,20,26)/t12-,18+/m0/s1. The van der Waals surface area contributed by atoms with Gasteiger partial charge in [0.2, 0.25) is 5.91 Å². The van der Waals surface area contributed by atoms with E-state index in [0.717, 1.165) is 24.2 Å². The minimum Gasteiger partial charge on any atom is -0.323 e. The summed E-state index contributed by atoms with van der Waals surface area (Å²) in [6, 6.07) is 0.901. The minimum absolute atomic E-state index is 0.0478. The number of nitrogens with zero attached hydrogens (tertiary/aromatic N) is 2. The number of aromatic nitrogens is 1. The summed E-state index contributed by atoms with van der Waals surface area (Å²) in [5.41, 5.74) is 0.0473. The van der Waals surface area contributed by atoms with Crippen molar-refractivity contribution in [2.45, 2.75) is 45.1 Å². The second-order valence-corrected chi connectivity index (χ2v) is 7.31. The summed E-state index contributed by atoms with van der Waals surface area (Å²) in [5.74, 6) is -0.746. The van der Waals surface area contributed by atoms with Crippen molar-refractivity contribution in [2.75, 3.05) is 11.9 Å². The Kier molecular flexibility index (Phi) is 4.60. The first-order chi connectivity index (χ1) is 12.2. The van der Waals surface area contributed by atoms with Crippen LogP contribution >= 0.6 is 0 Å². The summed E-state index contributed by atoms with van der Waals surface area (Å²) < 4.78 is 1.36. The van der Waals surface area contributed by atoms with Gasteiger partial charge in [-0.2, -0.15) is 0 Å². The van der Waals surface area contributed by atoms with Crippen LogP contribution < -0.4 is 16.2 Å². The van der Waals surface area contributed by atoms with E-state index in [2.05, 4.69) is 10.6 Å². The number of urea groups is 1. The number of nitrogens with one attached hydrogen (secondary N) is 2. The fraction of sp³-hybridized carbons (Fsp3) is 0.556. The molecular weight excluding hydrogens is 336 g/mol. The van der Waals surface area contributed by atoms with Crippen molar-refractivity contribution < 1.29 is 14.4 Å². The first-order valence-electron chi connectivity index (χ1n) is 8.86. The van der Waals surface area contributed by atoms with Crippen LogP contribution in [-0.2, 0) is 16.6 Å². The molecule has 3 rings (SSSR count). The molecule has 1 aliphatic carbocycles. The van der Waals surface area contributed by atoms with E-state index in [0.29, 0.717) is 17.7 Å². The molecule has 4 amide bonds. The maximum Gasteiger partial charge on any atom is 0.325 e. The van der Waals surface area contributed by atoms with Crippen LogP contribution in [0.3, 0.4) is 0 Å². The predicted molar refractivity (Wildman–Crippen MR) is 95.7 cm³/mol. The molecule has 1 aromatic rings. The highest BCUT2D eigenvalue weighted by molar-refractivity contribution is 6.10. The van der Waals surface area contributed by atoms with Crippen molar-refractivity contribution in [1.29, 1.82) is 0 Å². The van der Waals surface area contributed by atoms with Gasteiger partial charge >= 0.3 is 6.03 Å². The van der Waals surface area contributed by atoms with E-state index in [-0.39, 0.29) is 23.9 Å². The Morgan fingerprint density at radius 2 is 2.08 bits per heavy atom. The fourth-order valence-electron chi connectivity index (χ4n) is 3.83. The molecule has 8 nitrogen and oxygen atoms in total. The first kappa shape index (κ1) is 18.2. The number of pyridine rings is 1. The highest BCUT2D eigenvalue weighted by atomic mass is 16.2. The van der Waals surface area contributed by atoms with Crippen LogP contribution in [0.1, 0.15) is 38.2 Å². The smallest absolute Gasteiger partial charge is 0.323 e. The molecule has 0 unspecified atom stereocenters. The van der Waals surface area contributed by atoms with E-state index < -0.39 is 17.5 Å². The average molecular weight is 360 g/mol. The number of carbonyl (C=O) groups is 3. The van der Waals surface area contributed by atoms with E-state index in [4.69, 9.17) is 0 Å². The van der Waals surface area contributed by atoms with E-state index >= 15 is 0 Å².